The molecule has 4 fully saturated rings. The van der Waals surface area contributed by atoms with Crippen molar-refractivity contribution in [1.82, 2.24) is 32.3 Å². The van der Waals surface area contributed by atoms with Crippen molar-refractivity contribution in [2.24, 2.45) is 17.8 Å². The lowest BCUT2D eigenvalue weighted by Gasteiger charge is -2.41. The van der Waals surface area contributed by atoms with Crippen molar-refractivity contribution in [2.45, 2.75) is 82.1 Å². The Morgan fingerprint density at radius 2 is 2.06 bits per heavy atom. The third kappa shape index (κ3) is 6.11. The second-order valence-corrected chi connectivity index (χ2v) is 10.7. The zero-order valence-corrected chi connectivity index (χ0v) is 19.3. The maximum absolute atomic E-state index is 12.2. The van der Waals surface area contributed by atoms with E-state index in [4.69, 9.17) is 4.84 Å². The molecule has 3 saturated heterocycles. The van der Waals surface area contributed by atoms with Crippen molar-refractivity contribution in [3.05, 3.63) is 0 Å². The van der Waals surface area contributed by atoms with E-state index < -0.39 is 0 Å². The van der Waals surface area contributed by atoms with Crippen molar-refractivity contribution in [3.63, 3.8) is 0 Å². The van der Waals surface area contributed by atoms with E-state index in [2.05, 4.69) is 39.2 Å². The highest BCUT2D eigenvalue weighted by Crippen LogP contribution is 2.35. The van der Waals surface area contributed by atoms with Crippen molar-refractivity contribution in [2.75, 3.05) is 18.8 Å². The summed E-state index contributed by atoms with van der Waals surface area (Å²) in [6.45, 7) is 3.72. The summed E-state index contributed by atoms with van der Waals surface area (Å²) >= 11 is 2.01. The summed E-state index contributed by atoms with van der Waals surface area (Å²) in [5.74, 6) is 2.47. The molecule has 0 aromatic carbocycles. The molecule has 0 radical (unpaired) electrons. The van der Waals surface area contributed by atoms with Gasteiger partial charge >= 0.3 is 0 Å². The van der Waals surface area contributed by atoms with Crippen LogP contribution in [0.2, 0.25) is 0 Å². The van der Waals surface area contributed by atoms with E-state index >= 15 is 0 Å². The lowest BCUT2D eigenvalue weighted by atomic mass is 9.76. The molecular formula is C21H38N6O3S. The van der Waals surface area contributed by atoms with Crippen LogP contribution in [-0.2, 0) is 14.4 Å². The van der Waals surface area contributed by atoms with E-state index in [-0.39, 0.29) is 36.3 Å². The second-order valence-electron chi connectivity index (χ2n) is 9.26. The van der Waals surface area contributed by atoms with Crippen LogP contribution in [0.15, 0.2) is 0 Å². The first-order chi connectivity index (χ1) is 15.1. The fourth-order valence-electron chi connectivity index (χ4n) is 5.32. The first-order valence-electron chi connectivity index (χ1n) is 12.0. The van der Waals surface area contributed by atoms with Crippen molar-refractivity contribution in [3.8, 4) is 0 Å². The molecular weight excluding hydrogens is 416 g/mol. The summed E-state index contributed by atoms with van der Waals surface area (Å²) in [7, 11) is 0. The summed E-state index contributed by atoms with van der Waals surface area (Å²) in [5, 5.41) is 10.6. The first kappa shape index (κ1) is 23.3. The maximum Gasteiger partial charge on any atom is 0.237 e. The van der Waals surface area contributed by atoms with Gasteiger partial charge in [-0.15, -0.1) is 0 Å². The third-order valence-corrected chi connectivity index (χ3v) is 8.52. The molecule has 6 N–H and O–H groups in total. The zero-order chi connectivity index (χ0) is 21.6. The zero-order valence-electron chi connectivity index (χ0n) is 18.5. The van der Waals surface area contributed by atoms with Crippen LogP contribution in [0.5, 0.6) is 0 Å². The predicted molar refractivity (Wildman–Crippen MR) is 120 cm³/mol. The molecule has 1 aliphatic carbocycles. The molecule has 0 bridgehead atoms. The predicted octanol–water partition coefficient (Wildman–Crippen LogP) is 0.548. The molecule has 0 aromatic rings. The van der Waals surface area contributed by atoms with Gasteiger partial charge in [-0.25, -0.2) is 5.43 Å². The van der Waals surface area contributed by atoms with E-state index in [0.717, 1.165) is 32.2 Å². The van der Waals surface area contributed by atoms with Crippen LogP contribution >= 0.6 is 11.8 Å². The Kier molecular flexibility index (Phi) is 8.47. The summed E-state index contributed by atoms with van der Waals surface area (Å²) in [6.07, 6.45) is 7.78. The molecule has 0 aromatic heterocycles. The van der Waals surface area contributed by atoms with Crippen LogP contribution in [-0.4, -0.2) is 54.5 Å². The number of carbonyl (C=O) groups is 2. The van der Waals surface area contributed by atoms with Gasteiger partial charge in [-0.2, -0.15) is 17.2 Å². The second kappa shape index (κ2) is 11.3. The highest BCUT2D eigenvalue weighted by Gasteiger charge is 2.39. The Balaban J connectivity index is 1.06. The number of carbonyl (C=O) groups excluding carboxylic acids is 2. The van der Waals surface area contributed by atoms with E-state index in [9.17, 15) is 9.59 Å². The van der Waals surface area contributed by atoms with Gasteiger partial charge in [0.05, 0.1) is 12.3 Å². The summed E-state index contributed by atoms with van der Waals surface area (Å²) in [4.78, 5) is 29.8. The number of hydrazine groups is 1. The first-order valence-corrected chi connectivity index (χ1v) is 13.0. The molecule has 1 saturated carbocycles. The minimum atomic E-state index is -0.105. The molecule has 7 unspecified atom stereocenters. The number of hydrogen-bond donors (Lipinski definition) is 6. The van der Waals surface area contributed by atoms with Gasteiger partial charge in [0.2, 0.25) is 11.8 Å². The topological polar surface area (TPSA) is 116 Å². The number of amides is 2. The van der Waals surface area contributed by atoms with E-state index in [1.807, 2.05) is 11.8 Å². The molecule has 7 atom stereocenters. The van der Waals surface area contributed by atoms with Gasteiger partial charge < -0.3 is 10.6 Å². The van der Waals surface area contributed by atoms with Crippen molar-refractivity contribution >= 4 is 23.6 Å². The molecule has 0 spiro atoms. The highest BCUT2D eigenvalue weighted by atomic mass is 32.2. The molecule has 4 rings (SSSR count). The number of fused-ring (bicyclic) bond motifs is 1. The molecule has 31 heavy (non-hydrogen) atoms. The van der Waals surface area contributed by atoms with Crippen LogP contribution in [0.3, 0.4) is 0 Å². The van der Waals surface area contributed by atoms with E-state index in [0.29, 0.717) is 36.5 Å². The largest absolute Gasteiger partial charge is 0.356 e. The Labute approximate surface area is 189 Å². The summed E-state index contributed by atoms with van der Waals surface area (Å²) in [6, 6.07) is 0. The number of thioether (sulfide) groups is 1. The quantitative estimate of drug-likeness (QED) is 0.280. The lowest BCUT2D eigenvalue weighted by Crippen LogP contribution is -2.64. The molecule has 3 heterocycles. The van der Waals surface area contributed by atoms with Crippen molar-refractivity contribution in [1.29, 1.82) is 0 Å². The SMILES string of the molecule is CC1SCCC1C1NOC(CCC(=O)NCCCNC2NNC(=O)C3CCCCC23)N1. The lowest BCUT2D eigenvalue weighted by molar-refractivity contribution is -0.134. The third-order valence-electron chi connectivity index (χ3n) is 7.17. The Morgan fingerprint density at radius 3 is 2.90 bits per heavy atom. The van der Waals surface area contributed by atoms with Gasteiger partial charge in [-0.3, -0.25) is 25.2 Å². The van der Waals surface area contributed by atoms with Gasteiger partial charge in [-0.1, -0.05) is 19.8 Å². The van der Waals surface area contributed by atoms with Gasteiger partial charge in [0.15, 0.2) is 0 Å². The fraction of sp³-hybridized carbons (Fsp3) is 0.905. The van der Waals surface area contributed by atoms with Gasteiger partial charge in [-0.05, 0) is 44.4 Å². The minimum Gasteiger partial charge on any atom is -0.356 e. The minimum absolute atomic E-state index is 0.0639. The van der Waals surface area contributed by atoms with Crippen LogP contribution < -0.4 is 32.3 Å². The Bertz CT molecular complexity index is 626. The average Bonchev–Trinajstić information content (AvgIpc) is 3.42. The molecule has 176 valence electrons. The van der Waals surface area contributed by atoms with Crippen LogP contribution in [0.4, 0.5) is 0 Å². The standard InChI is InChI=1S/C21H38N6O3S/c1-13-14(9-12-31-13)20-24-18(30-27-20)8-7-17(28)22-10-4-11-23-19-15-5-2-3-6-16(15)21(29)26-25-19/h13-16,18-20,23-25,27H,2-12H2,1H3,(H,22,28)(H,26,29). The summed E-state index contributed by atoms with van der Waals surface area (Å²) < 4.78 is 0. The average molecular weight is 455 g/mol. The Morgan fingerprint density at radius 1 is 1.19 bits per heavy atom. The number of nitrogens with one attached hydrogen (secondary N) is 6. The fourth-order valence-corrected chi connectivity index (χ4v) is 6.64. The van der Waals surface area contributed by atoms with E-state index in [1.165, 1.54) is 18.6 Å². The molecule has 2 amide bonds. The van der Waals surface area contributed by atoms with Crippen LogP contribution in [0.1, 0.15) is 58.3 Å². The highest BCUT2D eigenvalue weighted by molar-refractivity contribution is 8.00. The molecule has 4 aliphatic rings. The summed E-state index contributed by atoms with van der Waals surface area (Å²) in [5.41, 5.74) is 9.05. The van der Waals surface area contributed by atoms with Gasteiger partial charge in [0.1, 0.15) is 6.23 Å². The maximum atomic E-state index is 12.2. The van der Waals surface area contributed by atoms with Crippen LogP contribution in [0.25, 0.3) is 0 Å². The molecule has 10 heteroatoms. The number of hydroxylamine groups is 1. The van der Waals surface area contributed by atoms with E-state index in [1.54, 1.807) is 0 Å². The van der Waals surface area contributed by atoms with Gasteiger partial charge in [0, 0.05) is 36.0 Å². The molecule has 9 nitrogen and oxygen atoms in total. The monoisotopic (exact) mass is 454 g/mol. The number of hydrogen-bond acceptors (Lipinski definition) is 8. The smallest absolute Gasteiger partial charge is 0.237 e. The van der Waals surface area contributed by atoms with Crippen LogP contribution in [0, 0.1) is 17.8 Å². The van der Waals surface area contributed by atoms with Gasteiger partial charge in [0.25, 0.3) is 0 Å². The molecule has 3 aliphatic heterocycles. The Hall–Kier alpha value is -0.910. The normalized spacial score (nSPS) is 38.0. The number of rotatable bonds is 9. The van der Waals surface area contributed by atoms with Crippen molar-refractivity contribution < 1.29 is 14.4 Å².